The van der Waals surface area contributed by atoms with Gasteiger partial charge in [-0.15, -0.1) is 0 Å². The first-order valence-electron chi connectivity index (χ1n) is 10.7. The first-order chi connectivity index (χ1) is 15.5. The van der Waals surface area contributed by atoms with Crippen molar-refractivity contribution in [3.05, 3.63) is 64.2 Å². The molecule has 1 atom stereocenters. The number of hydrogen-bond acceptors (Lipinski definition) is 5. The van der Waals surface area contributed by atoms with Gasteiger partial charge < -0.3 is 20.7 Å². The Morgan fingerprint density at radius 3 is 2.06 bits per heavy atom. The molecule has 0 aliphatic rings. The van der Waals surface area contributed by atoms with Gasteiger partial charge >= 0.3 is 5.97 Å². The maximum Gasteiger partial charge on any atom is 0.308 e. The average Bonchev–Trinajstić information content (AvgIpc) is 2.73. The lowest BCUT2D eigenvalue weighted by atomic mass is 10.0. The van der Waals surface area contributed by atoms with Crippen LogP contribution in [0, 0.1) is 27.7 Å². The average molecular weight is 454 g/mol. The van der Waals surface area contributed by atoms with Crippen LogP contribution >= 0.6 is 0 Å². The van der Waals surface area contributed by atoms with Gasteiger partial charge in [-0.25, -0.2) is 0 Å². The Balaban J connectivity index is 1.82. The highest BCUT2D eigenvalue weighted by Gasteiger charge is 2.19. The zero-order valence-electron chi connectivity index (χ0n) is 19.7. The van der Waals surface area contributed by atoms with Crippen LogP contribution in [0.1, 0.15) is 47.2 Å². The topological polar surface area (TPSA) is 114 Å². The molecule has 0 spiro atoms. The van der Waals surface area contributed by atoms with E-state index in [1.54, 1.807) is 0 Å². The van der Waals surface area contributed by atoms with Gasteiger partial charge in [0, 0.05) is 12.6 Å². The number of benzene rings is 2. The highest BCUT2D eigenvalue weighted by Crippen LogP contribution is 2.21. The third-order valence-electron chi connectivity index (χ3n) is 4.98. The van der Waals surface area contributed by atoms with Gasteiger partial charge in [0.15, 0.2) is 6.61 Å². The summed E-state index contributed by atoms with van der Waals surface area (Å²) in [5.74, 6) is -1.90. The number of aryl methyl sites for hydroxylation is 4. The van der Waals surface area contributed by atoms with Crippen molar-refractivity contribution in [2.75, 3.05) is 18.5 Å². The summed E-state index contributed by atoms with van der Waals surface area (Å²) in [6.45, 7) is 8.32. The highest BCUT2D eigenvalue weighted by molar-refractivity contribution is 5.96. The number of nitrogens with one attached hydrogen (secondary N) is 3. The minimum absolute atomic E-state index is 0.123. The minimum atomic E-state index is -0.639. The molecule has 0 radical (unpaired) electrons. The monoisotopic (exact) mass is 453 g/mol. The molecule has 0 bridgehead atoms. The fourth-order valence-corrected chi connectivity index (χ4v) is 3.46. The maximum atomic E-state index is 12.2. The largest absolute Gasteiger partial charge is 0.456 e. The van der Waals surface area contributed by atoms with Crippen LogP contribution in [0.3, 0.4) is 0 Å². The van der Waals surface area contributed by atoms with Gasteiger partial charge in [-0.05, 0) is 44.4 Å². The second-order valence-electron chi connectivity index (χ2n) is 8.13. The smallest absolute Gasteiger partial charge is 0.308 e. The number of carbonyl (C=O) groups excluding carboxylic acids is 4. The standard InChI is InChI=1S/C25H31N3O5/c1-15-6-8-20(9-7-15)21(27-19(5)29)12-24(32)33-14-23(31)26-13-22(30)28-25-17(3)10-16(2)11-18(25)4/h6-11,21H,12-14H2,1-5H3,(H,26,31)(H,27,29)(H,28,30). The molecule has 0 aliphatic heterocycles. The van der Waals surface area contributed by atoms with Crippen LogP contribution in [0.15, 0.2) is 36.4 Å². The van der Waals surface area contributed by atoms with E-state index in [4.69, 9.17) is 4.74 Å². The summed E-state index contributed by atoms with van der Waals surface area (Å²) in [7, 11) is 0. The van der Waals surface area contributed by atoms with Crippen LogP contribution in [-0.2, 0) is 23.9 Å². The summed E-state index contributed by atoms with van der Waals surface area (Å²) in [4.78, 5) is 48.0. The summed E-state index contributed by atoms with van der Waals surface area (Å²) < 4.78 is 5.03. The van der Waals surface area contributed by atoms with Crippen molar-refractivity contribution in [3.8, 4) is 0 Å². The molecule has 0 aliphatic carbocycles. The van der Waals surface area contributed by atoms with Gasteiger partial charge in [0.2, 0.25) is 11.8 Å². The van der Waals surface area contributed by atoms with Crippen molar-refractivity contribution in [3.63, 3.8) is 0 Å². The van der Waals surface area contributed by atoms with Gasteiger partial charge in [0.1, 0.15) is 0 Å². The molecule has 0 heterocycles. The normalized spacial score (nSPS) is 11.3. The van der Waals surface area contributed by atoms with Crippen LogP contribution in [0.5, 0.6) is 0 Å². The quantitative estimate of drug-likeness (QED) is 0.505. The molecule has 0 saturated heterocycles. The number of ether oxygens (including phenoxy) is 1. The summed E-state index contributed by atoms with van der Waals surface area (Å²) in [5.41, 5.74) is 5.49. The second-order valence-corrected chi connectivity index (χ2v) is 8.13. The molecule has 2 aromatic rings. The molecule has 0 aromatic heterocycles. The molecule has 8 heteroatoms. The summed E-state index contributed by atoms with van der Waals surface area (Å²) >= 11 is 0. The zero-order valence-corrected chi connectivity index (χ0v) is 19.7. The number of anilines is 1. The Bertz CT molecular complexity index is 1010. The lowest BCUT2D eigenvalue weighted by Gasteiger charge is -2.18. The first-order valence-corrected chi connectivity index (χ1v) is 10.7. The number of carbonyl (C=O) groups is 4. The van der Waals surface area contributed by atoms with Crippen molar-refractivity contribution in [1.82, 2.24) is 10.6 Å². The molecule has 0 fully saturated rings. The molecule has 33 heavy (non-hydrogen) atoms. The number of esters is 1. The molecule has 1 unspecified atom stereocenters. The number of rotatable bonds is 9. The fourth-order valence-electron chi connectivity index (χ4n) is 3.46. The van der Waals surface area contributed by atoms with Gasteiger partial charge in [0.05, 0.1) is 19.0 Å². The zero-order chi connectivity index (χ0) is 24.5. The van der Waals surface area contributed by atoms with E-state index in [2.05, 4.69) is 16.0 Å². The SMILES string of the molecule is CC(=O)NC(CC(=O)OCC(=O)NCC(=O)Nc1c(C)cc(C)cc1C)c1ccc(C)cc1. The Morgan fingerprint density at radius 1 is 0.879 bits per heavy atom. The van der Waals surface area contributed by atoms with E-state index in [0.29, 0.717) is 5.69 Å². The van der Waals surface area contributed by atoms with Gasteiger partial charge in [-0.1, -0.05) is 47.5 Å². The van der Waals surface area contributed by atoms with Crippen molar-refractivity contribution in [1.29, 1.82) is 0 Å². The van der Waals surface area contributed by atoms with E-state index in [9.17, 15) is 19.2 Å². The van der Waals surface area contributed by atoms with Crippen LogP contribution in [0.4, 0.5) is 5.69 Å². The highest BCUT2D eigenvalue weighted by atomic mass is 16.5. The molecular formula is C25H31N3O5. The molecule has 176 valence electrons. The van der Waals surface area contributed by atoms with E-state index in [-0.39, 0.29) is 24.8 Å². The molecule has 3 amide bonds. The predicted octanol–water partition coefficient (Wildman–Crippen LogP) is 2.79. The lowest BCUT2D eigenvalue weighted by molar-refractivity contribution is -0.149. The fraction of sp³-hybridized carbons (Fsp3) is 0.360. The molecular weight excluding hydrogens is 422 g/mol. The van der Waals surface area contributed by atoms with Crippen LogP contribution in [0.25, 0.3) is 0 Å². The van der Waals surface area contributed by atoms with Crippen molar-refractivity contribution >= 4 is 29.4 Å². The Labute approximate surface area is 194 Å². The van der Waals surface area contributed by atoms with E-state index in [1.807, 2.05) is 64.1 Å². The molecule has 2 aromatic carbocycles. The maximum absolute atomic E-state index is 12.2. The number of amides is 3. The summed E-state index contributed by atoms with van der Waals surface area (Å²) in [5, 5.41) is 7.94. The molecule has 8 nitrogen and oxygen atoms in total. The van der Waals surface area contributed by atoms with Crippen molar-refractivity contribution in [2.24, 2.45) is 0 Å². The van der Waals surface area contributed by atoms with Crippen LogP contribution in [0.2, 0.25) is 0 Å². The second kappa shape index (κ2) is 11.8. The predicted molar refractivity (Wildman–Crippen MR) is 126 cm³/mol. The van der Waals surface area contributed by atoms with Gasteiger partial charge in [0.25, 0.3) is 5.91 Å². The Kier molecular flexibility index (Phi) is 9.15. The van der Waals surface area contributed by atoms with Gasteiger partial charge in [-0.3, -0.25) is 19.2 Å². The first kappa shape index (κ1) is 25.6. The van der Waals surface area contributed by atoms with E-state index < -0.39 is 24.5 Å². The minimum Gasteiger partial charge on any atom is -0.456 e. The third-order valence-corrected chi connectivity index (χ3v) is 4.98. The van der Waals surface area contributed by atoms with Crippen molar-refractivity contribution < 1.29 is 23.9 Å². The van der Waals surface area contributed by atoms with Crippen LogP contribution in [-0.4, -0.2) is 36.8 Å². The third kappa shape index (κ3) is 8.40. The summed E-state index contributed by atoms with van der Waals surface area (Å²) in [6.07, 6.45) is -0.123. The van der Waals surface area contributed by atoms with Crippen molar-refractivity contribution in [2.45, 2.75) is 47.1 Å². The van der Waals surface area contributed by atoms with E-state index >= 15 is 0 Å². The Morgan fingerprint density at radius 2 is 1.48 bits per heavy atom. The van der Waals surface area contributed by atoms with Gasteiger partial charge in [-0.2, -0.15) is 0 Å². The Hall–Kier alpha value is -3.68. The molecule has 3 N–H and O–H groups in total. The number of hydrogen-bond donors (Lipinski definition) is 3. The molecule has 0 saturated carbocycles. The van der Waals surface area contributed by atoms with E-state index in [0.717, 1.165) is 27.8 Å². The summed E-state index contributed by atoms with van der Waals surface area (Å²) in [6, 6.07) is 10.8. The van der Waals surface area contributed by atoms with E-state index in [1.165, 1.54) is 6.92 Å². The van der Waals surface area contributed by atoms with Crippen LogP contribution < -0.4 is 16.0 Å². The molecule has 2 rings (SSSR count). The lowest BCUT2D eigenvalue weighted by Crippen LogP contribution is -2.36.